The lowest BCUT2D eigenvalue weighted by atomic mass is 9.31. The van der Waals surface area contributed by atoms with E-state index in [-0.39, 0.29) is 57.0 Å². The molecule has 0 bridgehead atoms. The number of carbonyl (C=O) groups excluding carboxylic acids is 3. The van der Waals surface area contributed by atoms with Crippen LogP contribution >= 0.6 is 0 Å². The van der Waals surface area contributed by atoms with Crippen LogP contribution in [0.4, 0.5) is 0 Å². The molecule has 0 N–H and O–H groups in total. The molecule has 0 amide bonds. The summed E-state index contributed by atoms with van der Waals surface area (Å²) in [6.45, 7) is 19.6. The summed E-state index contributed by atoms with van der Waals surface area (Å²) in [4.78, 5) is 43.3. The van der Waals surface area contributed by atoms with Crippen LogP contribution in [0.3, 0.4) is 0 Å². The van der Waals surface area contributed by atoms with Crippen LogP contribution in [0.5, 0.6) is 0 Å². The third-order valence-electron chi connectivity index (χ3n) is 14.2. The number of ether oxygens (including phenoxy) is 2. The summed E-state index contributed by atoms with van der Waals surface area (Å²) in [6, 6.07) is 0. The summed E-state index contributed by atoms with van der Waals surface area (Å²) in [7, 11) is 1.53. The van der Waals surface area contributed by atoms with Crippen LogP contribution in [0.25, 0.3) is 0 Å². The van der Waals surface area contributed by atoms with E-state index in [4.69, 9.17) is 19.5 Å². The van der Waals surface area contributed by atoms with Crippen molar-refractivity contribution in [1.82, 2.24) is 0 Å². The highest BCUT2D eigenvalue weighted by atomic mass is 16.7. The number of fused-ring (bicyclic) bond motifs is 7. The van der Waals surface area contributed by atoms with Gasteiger partial charge in [-0.3, -0.25) is 9.59 Å². The van der Waals surface area contributed by atoms with Crippen LogP contribution in [-0.4, -0.2) is 36.8 Å². The third-order valence-corrected chi connectivity index (χ3v) is 14.2. The molecule has 0 aromatic rings. The van der Waals surface area contributed by atoms with E-state index in [2.05, 4.69) is 48.5 Å². The second-order valence-electron chi connectivity index (χ2n) is 16.9. The lowest BCUT2D eigenvalue weighted by Gasteiger charge is -2.73. The van der Waals surface area contributed by atoms with Crippen molar-refractivity contribution < 1.29 is 28.7 Å². The standard InChI is InChI=1S/C35H55NO6/c1-21(37)41-27-12-13-32(7)25(31(27,5)6)11-14-33(8)26(32)19-24(36-42-22(2)38)28-23-20-30(3,4)15-17-35(23,29(39)40-10)18-16-34(28,33)9/h23,25-28H,11-20H2,1-10H3/b36-24+/t23-,25-,26+,27-,28-,32-,33+,34+,35-/m0/s1. The lowest BCUT2D eigenvalue weighted by Crippen LogP contribution is -2.70. The van der Waals surface area contributed by atoms with Crippen molar-refractivity contribution in [3.63, 3.8) is 0 Å². The predicted octanol–water partition coefficient (Wildman–Crippen LogP) is 7.50. The zero-order valence-corrected chi connectivity index (χ0v) is 27.9. The number of hydrogen-bond donors (Lipinski definition) is 0. The molecule has 5 rings (SSSR count). The van der Waals surface area contributed by atoms with E-state index in [9.17, 15) is 14.4 Å². The van der Waals surface area contributed by atoms with E-state index in [1.54, 1.807) is 0 Å². The van der Waals surface area contributed by atoms with Crippen molar-refractivity contribution in [2.24, 2.45) is 61.3 Å². The molecule has 7 heteroatoms. The minimum Gasteiger partial charge on any atom is -0.469 e. The Labute approximate surface area is 253 Å². The van der Waals surface area contributed by atoms with Gasteiger partial charge < -0.3 is 14.3 Å². The number of oxime groups is 1. The molecule has 5 saturated carbocycles. The van der Waals surface area contributed by atoms with Crippen LogP contribution < -0.4 is 0 Å². The summed E-state index contributed by atoms with van der Waals surface area (Å²) in [6.07, 6.45) is 9.21. The first kappa shape index (κ1) is 31.5. The molecule has 0 unspecified atom stereocenters. The van der Waals surface area contributed by atoms with E-state index < -0.39 is 11.4 Å². The predicted molar refractivity (Wildman–Crippen MR) is 161 cm³/mol. The Hall–Kier alpha value is -1.92. The molecule has 9 atom stereocenters. The topological polar surface area (TPSA) is 91.3 Å². The van der Waals surface area contributed by atoms with Gasteiger partial charge in [0.1, 0.15) is 6.10 Å². The Morgan fingerprint density at radius 3 is 2.07 bits per heavy atom. The zero-order chi connectivity index (χ0) is 31.1. The summed E-state index contributed by atoms with van der Waals surface area (Å²) >= 11 is 0. The van der Waals surface area contributed by atoms with Crippen LogP contribution in [-0.2, 0) is 28.7 Å². The molecule has 236 valence electrons. The fourth-order valence-electron chi connectivity index (χ4n) is 11.9. The lowest BCUT2D eigenvalue weighted by molar-refractivity contribution is -0.235. The Kier molecular flexibility index (Phi) is 7.54. The molecule has 7 nitrogen and oxygen atoms in total. The van der Waals surface area contributed by atoms with Crippen molar-refractivity contribution in [3.05, 3.63) is 0 Å². The van der Waals surface area contributed by atoms with Gasteiger partial charge in [-0.2, -0.15) is 0 Å². The summed E-state index contributed by atoms with van der Waals surface area (Å²) in [5.74, 6) is 0.157. The van der Waals surface area contributed by atoms with Gasteiger partial charge in [0.2, 0.25) is 0 Å². The Balaban J connectivity index is 1.63. The average molecular weight is 586 g/mol. The SMILES string of the molecule is COC(=O)[C@]12CCC(C)(C)C[C@H]1[C@H]1/C(=N/OC(C)=O)C[C@@H]3[C@@]4(C)CC[C@H](OC(C)=O)C(C)(C)[C@@H]4CC[C@@]3(C)[C@]1(C)CC2. The molecule has 0 aliphatic heterocycles. The maximum absolute atomic E-state index is 13.7. The number of hydrogen-bond acceptors (Lipinski definition) is 7. The van der Waals surface area contributed by atoms with Crippen LogP contribution in [0.2, 0.25) is 0 Å². The first-order valence-electron chi connectivity index (χ1n) is 16.4. The highest BCUT2D eigenvalue weighted by Gasteiger charge is 2.73. The molecule has 0 spiro atoms. The van der Waals surface area contributed by atoms with Crippen molar-refractivity contribution in [3.8, 4) is 0 Å². The van der Waals surface area contributed by atoms with Gasteiger partial charge in [0.25, 0.3) is 0 Å². The first-order valence-corrected chi connectivity index (χ1v) is 16.4. The van der Waals surface area contributed by atoms with E-state index in [1.807, 2.05) is 0 Å². The molecule has 0 saturated heterocycles. The van der Waals surface area contributed by atoms with E-state index in [0.717, 1.165) is 69.9 Å². The van der Waals surface area contributed by atoms with Gasteiger partial charge >= 0.3 is 17.9 Å². The molecule has 0 heterocycles. The second-order valence-corrected chi connectivity index (χ2v) is 16.9. The number of esters is 2. The number of carbonyl (C=O) groups is 3. The largest absolute Gasteiger partial charge is 0.469 e. The van der Waals surface area contributed by atoms with Crippen molar-refractivity contribution in [1.29, 1.82) is 0 Å². The fraction of sp³-hybridized carbons (Fsp3) is 0.886. The Bertz CT molecular complexity index is 1170. The van der Waals surface area contributed by atoms with E-state index in [0.29, 0.717) is 11.8 Å². The van der Waals surface area contributed by atoms with Crippen molar-refractivity contribution in [2.45, 2.75) is 133 Å². The van der Waals surface area contributed by atoms with Gasteiger partial charge in [-0.15, -0.1) is 0 Å². The molecule has 5 fully saturated rings. The molecule has 42 heavy (non-hydrogen) atoms. The molecular weight excluding hydrogens is 530 g/mol. The molecule has 5 aliphatic carbocycles. The first-order chi connectivity index (χ1) is 19.4. The highest BCUT2D eigenvalue weighted by molar-refractivity contribution is 5.91. The number of methoxy groups -OCH3 is 1. The minimum absolute atomic E-state index is 0.0147. The number of nitrogens with zero attached hydrogens (tertiary/aromatic N) is 1. The molecule has 0 aromatic carbocycles. The fourth-order valence-corrected chi connectivity index (χ4v) is 11.9. The normalized spacial score (nSPS) is 46.2. The van der Waals surface area contributed by atoms with Crippen LogP contribution in [0.15, 0.2) is 5.16 Å². The quantitative estimate of drug-likeness (QED) is 0.193. The summed E-state index contributed by atoms with van der Waals surface area (Å²) in [5, 5.41) is 4.69. The monoisotopic (exact) mass is 585 g/mol. The smallest absolute Gasteiger partial charge is 0.331 e. The van der Waals surface area contributed by atoms with Gasteiger partial charge in [-0.05, 0) is 104 Å². The van der Waals surface area contributed by atoms with Gasteiger partial charge in [0.05, 0.1) is 18.2 Å². The zero-order valence-electron chi connectivity index (χ0n) is 27.9. The third kappa shape index (κ3) is 4.40. The van der Waals surface area contributed by atoms with Gasteiger partial charge in [-0.1, -0.05) is 53.6 Å². The van der Waals surface area contributed by atoms with Gasteiger partial charge in [0, 0.05) is 25.2 Å². The Morgan fingerprint density at radius 1 is 0.786 bits per heavy atom. The second kappa shape index (κ2) is 10.1. The van der Waals surface area contributed by atoms with Gasteiger partial charge in [-0.25, -0.2) is 4.79 Å². The molecular formula is C35H55NO6. The molecule has 0 radical (unpaired) electrons. The van der Waals surface area contributed by atoms with Gasteiger partial charge in [0.15, 0.2) is 0 Å². The van der Waals surface area contributed by atoms with Crippen molar-refractivity contribution >= 4 is 23.6 Å². The van der Waals surface area contributed by atoms with Crippen molar-refractivity contribution in [2.75, 3.05) is 7.11 Å². The molecule has 0 aromatic heterocycles. The summed E-state index contributed by atoms with van der Waals surface area (Å²) in [5.41, 5.74) is 0.313. The van der Waals surface area contributed by atoms with Crippen LogP contribution in [0, 0.1) is 56.2 Å². The van der Waals surface area contributed by atoms with E-state index in [1.165, 1.54) is 21.0 Å². The summed E-state index contributed by atoms with van der Waals surface area (Å²) < 4.78 is 11.5. The molecule has 5 aliphatic rings. The number of rotatable bonds is 3. The highest BCUT2D eigenvalue weighted by Crippen LogP contribution is 2.76. The average Bonchev–Trinajstić information content (AvgIpc) is 2.88. The maximum Gasteiger partial charge on any atom is 0.331 e. The maximum atomic E-state index is 13.7. The minimum atomic E-state index is -0.528. The van der Waals surface area contributed by atoms with Crippen LogP contribution in [0.1, 0.15) is 127 Å². The Morgan fingerprint density at radius 2 is 1.45 bits per heavy atom. The van der Waals surface area contributed by atoms with E-state index >= 15 is 0 Å².